The Labute approximate surface area is 97.4 Å². The number of aliphatic hydroxyl groups excluding tert-OH is 1. The largest absolute Gasteiger partial charge is 0.469 e. The molecule has 1 saturated carbocycles. The maximum Gasteiger partial charge on any atom is 0.305 e. The van der Waals surface area contributed by atoms with Gasteiger partial charge in [0.25, 0.3) is 0 Å². The highest BCUT2D eigenvalue weighted by atomic mass is 16.5. The molecule has 1 rings (SSSR count). The van der Waals surface area contributed by atoms with Crippen molar-refractivity contribution in [2.45, 2.75) is 44.6 Å². The van der Waals surface area contributed by atoms with Gasteiger partial charge in [0.2, 0.25) is 0 Å². The summed E-state index contributed by atoms with van der Waals surface area (Å²) in [5.41, 5.74) is 0. The highest BCUT2D eigenvalue weighted by Gasteiger charge is 2.18. The zero-order valence-electron chi connectivity index (χ0n) is 10.1. The number of nitrogens with one attached hydrogen (secondary N) is 1. The molecule has 0 aromatic heterocycles. The average molecular weight is 229 g/mol. The number of esters is 1. The third-order valence-electron chi connectivity index (χ3n) is 3.21. The Bertz CT molecular complexity index is 200. The Morgan fingerprint density at radius 3 is 2.69 bits per heavy atom. The van der Waals surface area contributed by atoms with Crippen molar-refractivity contribution in [2.75, 3.05) is 20.2 Å². The molecule has 1 fully saturated rings. The topological polar surface area (TPSA) is 58.6 Å². The maximum atomic E-state index is 10.8. The number of aliphatic hydroxyl groups is 1. The summed E-state index contributed by atoms with van der Waals surface area (Å²) in [6.45, 7) is 1.88. The fraction of sp³-hybridized carbons (Fsp3) is 0.917. The van der Waals surface area contributed by atoms with E-state index in [1.165, 1.54) is 7.11 Å². The van der Waals surface area contributed by atoms with Crippen LogP contribution >= 0.6 is 0 Å². The molecule has 0 aromatic carbocycles. The van der Waals surface area contributed by atoms with Crippen LogP contribution in [0.1, 0.15) is 38.5 Å². The van der Waals surface area contributed by atoms with Crippen molar-refractivity contribution in [3.8, 4) is 0 Å². The Kier molecular flexibility index (Phi) is 6.42. The molecule has 0 aromatic rings. The lowest BCUT2D eigenvalue weighted by Gasteiger charge is -2.25. The summed E-state index contributed by atoms with van der Waals surface area (Å²) in [5.74, 6) is 0.559. The van der Waals surface area contributed by atoms with Crippen LogP contribution in [0.3, 0.4) is 0 Å². The van der Waals surface area contributed by atoms with Gasteiger partial charge in [-0.3, -0.25) is 4.79 Å². The lowest BCUT2D eigenvalue weighted by molar-refractivity contribution is -0.140. The summed E-state index contributed by atoms with van der Waals surface area (Å²) in [6.07, 6.45) is 5.37. The van der Waals surface area contributed by atoms with E-state index in [2.05, 4.69) is 10.1 Å². The zero-order chi connectivity index (χ0) is 11.8. The first-order valence-electron chi connectivity index (χ1n) is 6.18. The standard InChI is InChI=1S/C12H23NO3/c1-16-12(15)3-2-8-13-9-10-4-6-11(14)7-5-10/h10-11,13-14H,2-9H2,1H3. The van der Waals surface area contributed by atoms with Crippen LogP contribution in [0, 0.1) is 5.92 Å². The fourth-order valence-electron chi connectivity index (χ4n) is 2.11. The molecule has 0 spiro atoms. The summed E-state index contributed by atoms with van der Waals surface area (Å²) < 4.78 is 4.56. The number of hydrogen-bond donors (Lipinski definition) is 2. The minimum absolute atomic E-state index is 0.0735. The summed E-state index contributed by atoms with van der Waals surface area (Å²) in [7, 11) is 1.42. The first kappa shape index (κ1) is 13.5. The van der Waals surface area contributed by atoms with Gasteiger partial charge in [-0.1, -0.05) is 0 Å². The molecule has 4 heteroatoms. The minimum atomic E-state index is -0.136. The maximum absolute atomic E-state index is 10.8. The van der Waals surface area contributed by atoms with Gasteiger partial charge < -0.3 is 15.2 Å². The van der Waals surface area contributed by atoms with Gasteiger partial charge in [-0.25, -0.2) is 0 Å². The number of hydrogen-bond acceptors (Lipinski definition) is 4. The normalized spacial score (nSPS) is 25.4. The quantitative estimate of drug-likeness (QED) is 0.528. The van der Waals surface area contributed by atoms with Gasteiger partial charge in [0.15, 0.2) is 0 Å². The van der Waals surface area contributed by atoms with Gasteiger partial charge in [0.05, 0.1) is 13.2 Å². The van der Waals surface area contributed by atoms with Crippen molar-refractivity contribution in [1.29, 1.82) is 0 Å². The second-order valence-electron chi connectivity index (χ2n) is 4.56. The predicted molar refractivity (Wildman–Crippen MR) is 62.1 cm³/mol. The molecule has 0 heterocycles. The highest BCUT2D eigenvalue weighted by Crippen LogP contribution is 2.23. The van der Waals surface area contributed by atoms with E-state index < -0.39 is 0 Å². The first-order chi connectivity index (χ1) is 7.72. The summed E-state index contributed by atoms with van der Waals surface area (Å²) in [4.78, 5) is 10.8. The molecule has 2 N–H and O–H groups in total. The monoisotopic (exact) mass is 229 g/mol. The van der Waals surface area contributed by atoms with Crippen molar-refractivity contribution < 1.29 is 14.6 Å². The number of ether oxygens (including phenoxy) is 1. The van der Waals surface area contributed by atoms with Crippen LogP contribution in [0.2, 0.25) is 0 Å². The molecule has 0 unspecified atom stereocenters. The van der Waals surface area contributed by atoms with E-state index in [1.807, 2.05) is 0 Å². The summed E-state index contributed by atoms with van der Waals surface area (Å²) in [6, 6.07) is 0. The van der Waals surface area contributed by atoms with Crippen LogP contribution in [-0.4, -0.2) is 37.4 Å². The number of methoxy groups -OCH3 is 1. The van der Waals surface area contributed by atoms with E-state index in [4.69, 9.17) is 0 Å². The predicted octanol–water partition coefficient (Wildman–Crippen LogP) is 1.08. The summed E-state index contributed by atoms with van der Waals surface area (Å²) in [5, 5.41) is 12.7. The molecule has 0 amide bonds. The molecule has 94 valence electrons. The van der Waals surface area contributed by atoms with Gasteiger partial charge in [-0.2, -0.15) is 0 Å². The Morgan fingerprint density at radius 1 is 1.38 bits per heavy atom. The van der Waals surface area contributed by atoms with Crippen molar-refractivity contribution in [1.82, 2.24) is 5.32 Å². The molecular weight excluding hydrogens is 206 g/mol. The third kappa shape index (κ3) is 5.47. The summed E-state index contributed by atoms with van der Waals surface area (Å²) >= 11 is 0. The number of rotatable bonds is 6. The van der Waals surface area contributed by atoms with E-state index in [-0.39, 0.29) is 12.1 Å². The minimum Gasteiger partial charge on any atom is -0.469 e. The first-order valence-corrected chi connectivity index (χ1v) is 6.18. The van der Waals surface area contributed by atoms with Crippen molar-refractivity contribution in [3.05, 3.63) is 0 Å². The van der Waals surface area contributed by atoms with Crippen LogP contribution in [0.4, 0.5) is 0 Å². The van der Waals surface area contributed by atoms with Gasteiger partial charge >= 0.3 is 5.97 Å². The van der Waals surface area contributed by atoms with Crippen LogP contribution in [-0.2, 0) is 9.53 Å². The molecule has 0 radical (unpaired) electrons. The molecule has 0 bridgehead atoms. The highest BCUT2D eigenvalue weighted by molar-refractivity contribution is 5.68. The smallest absolute Gasteiger partial charge is 0.305 e. The second kappa shape index (κ2) is 7.63. The zero-order valence-corrected chi connectivity index (χ0v) is 10.1. The Hall–Kier alpha value is -0.610. The molecule has 4 nitrogen and oxygen atoms in total. The molecular formula is C12H23NO3. The van der Waals surface area contributed by atoms with Gasteiger partial charge in [-0.15, -0.1) is 0 Å². The molecule has 0 saturated heterocycles. The van der Waals surface area contributed by atoms with Gasteiger partial charge in [0, 0.05) is 6.42 Å². The SMILES string of the molecule is COC(=O)CCCNCC1CCC(O)CC1. The van der Waals surface area contributed by atoms with E-state index in [1.54, 1.807) is 0 Å². The van der Waals surface area contributed by atoms with Gasteiger partial charge in [0.1, 0.15) is 0 Å². The number of carbonyl (C=O) groups excluding carboxylic acids is 1. The molecule has 0 aliphatic heterocycles. The lowest BCUT2D eigenvalue weighted by atomic mass is 9.87. The van der Waals surface area contributed by atoms with Crippen molar-refractivity contribution in [2.24, 2.45) is 5.92 Å². The van der Waals surface area contributed by atoms with E-state index in [0.717, 1.165) is 45.2 Å². The van der Waals surface area contributed by atoms with Crippen LogP contribution in [0.5, 0.6) is 0 Å². The van der Waals surface area contributed by atoms with E-state index >= 15 is 0 Å². The van der Waals surface area contributed by atoms with Crippen LogP contribution < -0.4 is 5.32 Å². The molecule has 1 aliphatic rings. The van der Waals surface area contributed by atoms with E-state index in [9.17, 15) is 9.90 Å². The van der Waals surface area contributed by atoms with Crippen LogP contribution in [0.15, 0.2) is 0 Å². The molecule has 0 atom stereocenters. The Morgan fingerprint density at radius 2 is 2.06 bits per heavy atom. The molecule has 16 heavy (non-hydrogen) atoms. The second-order valence-corrected chi connectivity index (χ2v) is 4.56. The third-order valence-corrected chi connectivity index (χ3v) is 3.21. The van der Waals surface area contributed by atoms with Gasteiger partial charge in [-0.05, 0) is 51.1 Å². The van der Waals surface area contributed by atoms with Crippen LogP contribution in [0.25, 0.3) is 0 Å². The Balaban J connectivity index is 1.93. The average Bonchev–Trinajstić information content (AvgIpc) is 2.31. The molecule has 1 aliphatic carbocycles. The fourth-order valence-corrected chi connectivity index (χ4v) is 2.11. The van der Waals surface area contributed by atoms with E-state index in [0.29, 0.717) is 12.3 Å². The van der Waals surface area contributed by atoms with Crippen molar-refractivity contribution in [3.63, 3.8) is 0 Å². The van der Waals surface area contributed by atoms with Crippen molar-refractivity contribution >= 4 is 5.97 Å². The number of carbonyl (C=O) groups is 1. The lowest BCUT2D eigenvalue weighted by Crippen LogP contribution is -2.28.